The highest BCUT2D eigenvalue weighted by atomic mass is 35.5. The molecule has 17 heavy (non-hydrogen) atoms. The van der Waals surface area contributed by atoms with Crippen LogP contribution in [0.1, 0.15) is 0 Å². The van der Waals surface area contributed by atoms with Crippen molar-refractivity contribution in [1.29, 1.82) is 0 Å². The Balaban J connectivity index is 0.00000256. The molecule has 1 unspecified atom stereocenters. The molecule has 9 nitrogen and oxygen atoms in total. The van der Waals surface area contributed by atoms with Crippen molar-refractivity contribution in [3.8, 4) is 0 Å². The van der Waals surface area contributed by atoms with E-state index in [0.29, 0.717) is 0 Å². The Labute approximate surface area is 103 Å². The van der Waals surface area contributed by atoms with Gasteiger partial charge in [-0.1, -0.05) is 0 Å². The lowest BCUT2D eigenvalue weighted by atomic mass is 9.98. The van der Waals surface area contributed by atoms with Crippen LogP contribution in [0.5, 0.6) is 0 Å². The van der Waals surface area contributed by atoms with Crippen molar-refractivity contribution in [2.75, 3.05) is 6.61 Å². The van der Waals surface area contributed by atoms with Crippen LogP contribution < -0.4 is 5.73 Å². The minimum Gasteiger partial charge on any atom is -0.388 e. The van der Waals surface area contributed by atoms with Gasteiger partial charge in [-0.3, -0.25) is 4.55 Å². The minimum absolute atomic E-state index is 0. The van der Waals surface area contributed by atoms with Gasteiger partial charge in [0.2, 0.25) is 0 Å². The van der Waals surface area contributed by atoms with E-state index < -0.39 is 47.6 Å². The molecule has 0 saturated carbocycles. The Hall–Kier alpha value is -0.0400. The summed E-state index contributed by atoms with van der Waals surface area (Å²) in [4.78, 5) is 0. The molecule has 0 aromatic rings. The first-order valence-corrected chi connectivity index (χ1v) is 5.66. The van der Waals surface area contributed by atoms with Gasteiger partial charge in [-0.15, -0.1) is 12.4 Å². The molecule has 0 aromatic heterocycles. The van der Waals surface area contributed by atoms with Gasteiger partial charge in [-0.2, -0.15) is 8.42 Å². The lowest BCUT2D eigenvalue weighted by Gasteiger charge is -2.38. The van der Waals surface area contributed by atoms with E-state index in [2.05, 4.69) is 4.18 Å². The number of aliphatic hydroxyl groups is 3. The maximum Gasteiger partial charge on any atom is 0.397 e. The van der Waals surface area contributed by atoms with Crippen molar-refractivity contribution in [1.82, 2.24) is 0 Å². The fourth-order valence-electron chi connectivity index (χ4n) is 1.26. The van der Waals surface area contributed by atoms with E-state index in [-0.39, 0.29) is 12.4 Å². The fourth-order valence-corrected chi connectivity index (χ4v) is 1.56. The third kappa shape index (κ3) is 4.62. The van der Waals surface area contributed by atoms with Crippen LogP contribution in [0.15, 0.2) is 0 Å². The summed E-state index contributed by atoms with van der Waals surface area (Å²) >= 11 is 0. The van der Waals surface area contributed by atoms with Crippen LogP contribution in [0.3, 0.4) is 0 Å². The summed E-state index contributed by atoms with van der Waals surface area (Å²) in [5, 5.41) is 27.9. The quantitative estimate of drug-likeness (QED) is 0.342. The van der Waals surface area contributed by atoms with E-state index >= 15 is 0 Å². The normalized spacial score (nSPS) is 38.5. The van der Waals surface area contributed by atoms with Crippen LogP contribution in [-0.4, -0.2) is 65.5 Å². The summed E-state index contributed by atoms with van der Waals surface area (Å²) in [6, 6.07) is -1.21. The maximum absolute atomic E-state index is 10.3. The predicted molar refractivity (Wildman–Crippen MR) is 55.6 cm³/mol. The number of hydrogen-bond acceptors (Lipinski definition) is 8. The molecule has 0 amide bonds. The predicted octanol–water partition coefficient (Wildman–Crippen LogP) is -3.01. The molecule has 1 aliphatic heterocycles. The van der Waals surface area contributed by atoms with Crippen molar-refractivity contribution < 1.29 is 37.2 Å². The molecule has 1 saturated heterocycles. The van der Waals surface area contributed by atoms with Gasteiger partial charge in [0.25, 0.3) is 0 Å². The van der Waals surface area contributed by atoms with Crippen molar-refractivity contribution >= 4 is 22.8 Å². The highest BCUT2D eigenvalue weighted by Gasteiger charge is 2.42. The second-order valence-electron chi connectivity index (χ2n) is 3.34. The molecule has 0 radical (unpaired) electrons. The Morgan fingerprint density at radius 1 is 1.24 bits per heavy atom. The zero-order valence-electron chi connectivity index (χ0n) is 8.41. The van der Waals surface area contributed by atoms with E-state index in [9.17, 15) is 23.7 Å². The number of halogens is 1. The van der Waals surface area contributed by atoms with E-state index in [1.807, 2.05) is 0 Å². The summed E-state index contributed by atoms with van der Waals surface area (Å²) in [5.74, 6) is 0. The lowest BCUT2D eigenvalue weighted by molar-refractivity contribution is -0.247. The van der Waals surface area contributed by atoms with Crippen molar-refractivity contribution in [2.45, 2.75) is 30.6 Å². The number of rotatable bonds is 3. The van der Waals surface area contributed by atoms with E-state index in [0.717, 1.165) is 0 Å². The van der Waals surface area contributed by atoms with Gasteiger partial charge in [0.15, 0.2) is 6.29 Å². The Bertz CT molecular complexity index is 337. The topological polar surface area (TPSA) is 160 Å². The van der Waals surface area contributed by atoms with Crippen LogP contribution in [0.2, 0.25) is 0 Å². The Kier molecular flexibility index (Phi) is 6.21. The first-order valence-electron chi connectivity index (χ1n) is 4.29. The van der Waals surface area contributed by atoms with Gasteiger partial charge in [-0.25, -0.2) is 4.18 Å². The van der Waals surface area contributed by atoms with Crippen molar-refractivity contribution in [3.05, 3.63) is 0 Å². The second kappa shape index (κ2) is 6.22. The molecule has 1 fully saturated rings. The standard InChI is InChI=1S/C6H13NO8S.ClH/c7-3-5(9)4(8)2(15-6(3)10)1-14-16(11,12)13;/h2-6,8-10H,1,7H2,(H,11,12,13);1H/t2-,3-,4-,5-,6?;/m1./s1. The summed E-state index contributed by atoms with van der Waals surface area (Å²) in [5.41, 5.74) is 5.26. The van der Waals surface area contributed by atoms with Gasteiger partial charge >= 0.3 is 10.4 Å². The average molecular weight is 296 g/mol. The zero-order valence-corrected chi connectivity index (χ0v) is 10.0. The molecule has 6 N–H and O–H groups in total. The number of aliphatic hydroxyl groups excluding tert-OH is 3. The molecule has 1 rings (SSSR count). The first kappa shape index (κ1) is 17.0. The smallest absolute Gasteiger partial charge is 0.388 e. The summed E-state index contributed by atoms with van der Waals surface area (Å²) in [7, 11) is -4.68. The lowest BCUT2D eigenvalue weighted by Crippen LogP contribution is -2.62. The molecule has 0 aromatic carbocycles. The molecule has 0 aliphatic carbocycles. The molecular weight excluding hydrogens is 282 g/mol. The summed E-state index contributed by atoms with van der Waals surface area (Å²) in [6.45, 7) is -0.749. The SMILES string of the molecule is Cl.N[C@H]1C(O)O[C@H](COS(=O)(=O)O)[C@@H](O)[C@@H]1O. The van der Waals surface area contributed by atoms with Gasteiger partial charge < -0.3 is 25.8 Å². The third-order valence-corrected chi connectivity index (χ3v) is 2.58. The summed E-state index contributed by atoms with van der Waals surface area (Å²) < 4.78 is 37.4. The monoisotopic (exact) mass is 295 g/mol. The van der Waals surface area contributed by atoms with E-state index in [1.165, 1.54) is 0 Å². The van der Waals surface area contributed by atoms with Crippen LogP contribution in [-0.2, 0) is 19.3 Å². The first-order chi connectivity index (χ1) is 7.22. The van der Waals surface area contributed by atoms with Crippen molar-refractivity contribution in [2.24, 2.45) is 5.73 Å². The highest BCUT2D eigenvalue weighted by Crippen LogP contribution is 2.19. The number of nitrogens with two attached hydrogens (primary N) is 1. The number of hydrogen-bond donors (Lipinski definition) is 5. The molecule has 104 valence electrons. The van der Waals surface area contributed by atoms with E-state index in [4.69, 9.17) is 15.0 Å². The van der Waals surface area contributed by atoms with Crippen LogP contribution in [0.4, 0.5) is 0 Å². The molecular formula is C6H14ClNO8S. The highest BCUT2D eigenvalue weighted by molar-refractivity contribution is 7.80. The Morgan fingerprint density at radius 3 is 2.24 bits per heavy atom. The fraction of sp³-hybridized carbons (Fsp3) is 1.00. The largest absolute Gasteiger partial charge is 0.397 e. The maximum atomic E-state index is 10.3. The Morgan fingerprint density at radius 2 is 1.76 bits per heavy atom. The molecule has 1 aliphatic rings. The minimum atomic E-state index is -4.68. The van der Waals surface area contributed by atoms with Crippen molar-refractivity contribution in [3.63, 3.8) is 0 Å². The molecule has 0 bridgehead atoms. The third-order valence-electron chi connectivity index (χ3n) is 2.15. The van der Waals surface area contributed by atoms with Gasteiger partial charge in [-0.05, 0) is 0 Å². The van der Waals surface area contributed by atoms with Gasteiger partial charge in [0.05, 0.1) is 12.6 Å². The van der Waals surface area contributed by atoms with E-state index in [1.54, 1.807) is 0 Å². The van der Waals surface area contributed by atoms with Crippen LogP contribution in [0.25, 0.3) is 0 Å². The van der Waals surface area contributed by atoms with Gasteiger partial charge in [0, 0.05) is 0 Å². The average Bonchev–Trinajstić information content (AvgIpc) is 2.17. The molecule has 11 heteroatoms. The van der Waals surface area contributed by atoms with Crippen LogP contribution in [0, 0.1) is 0 Å². The summed E-state index contributed by atoms with van der Waals surface area (Å²) in [6.07, 6.45) is -5.89. The zero-order chi connectivity index (χ0) is 12.5. The van der Waals surface area contributed by atoms with Crippen LogP contribution >= 0.6 is 12.4 Å². The molecule has 1 heterocycles. The molecule has 0 spiro atoms. The number of ether oxygens (including phenoxy) is 1. The van der Waals surface area contributed by atoms with Gasteiger partial charge in [0.1, 0.15) is 18.3 Å². The molecule has 5 atom stereocenters. The second-order valence-corrected chi connectivity index (χ2v) is 4.43.